The van der Waals surface area contributed by atoms with Crippen molar-refractivity contribution in [3.8, 4) is 0 Å². The van der Waals surface area contributed by atoms with Gasteiger partial charge >= 0.3 is 12.0 Å². The second kappa shape index (κ2) is 5.26. The molecule has 4 nitrogen and oxygen atoms in total. The number of carbonyl (C=O) groups is 2. The summed E-state index contributed by atoms with van der Waals surface area (Å²) in [4.78, 5) is 24.4. The molecule has 1 saturated heterocycles. The van der Waals surface area contributed by atoms with E-state index < -0.39 is 6.09 Å². The zero-order valence-corrected chi connectivity index (χ0v) is 12.4. The van der Waals surface area contributed by atoms with E-state index in [2.05, 4.69) is 12.1 Å². The topological polar surface area (TPSA) is 54.4 Å². The Hall–Kier alpha value is -1.68. The molecule has 0 aromatic heterocycles. The predicted octanol–water partition coefficient (Wildman–Crippen LogP) is 3.00. The summed E-state index contributed by atoms with van der Waals surface area (Å²) >= 11 is 0. The van der Waals surface area contributed by atoms with Gasteiger partial charge in [0.1, 0.15) is 6.04 Å². The maximum absolute atomic E-state index is 12.7. The van der Waals surface area contributed by atoms with Gasteiger partial charge in [0.15, 0.2) is 0 Å². The Kier molecular flexibility index (Phi) is 3.57. The van der Waals surface area contributed by atoms with E-state index in [1.165, 1.54) is 11.1 Å². The molecular weight excluding hydrogens is 266 g/mol. The second-order valence-corrected chi connectivity index (χ2v) is 6.51. The highest BCUT2D eigenvalue weighted by Crippen LogP contribution is 2.33. The molecule has 4 heteroatoms. The van der Waals surface area contributed by atoms with Crippen LogP contribution in [-0.2, 0) is 17.6 Å². The molecule has 1 fully saturated rings. The van der Waals surface area contributed by atoms with Gasteiger partial charge in [-0.3, -0.25) is 0 Å². The van der Waals surface area contributed by atoms with E-state index in [4.69, 9.17) is 0 Å². The molecule has 1 aliphatic carbocycles. The number of hydrogen-bond acceptors (Lipinski definition) is 2. The van der Waals surface area contributed by atoms with E-state index in [-0.39, 0.29) is 22.3 Å². The van der Waals surface area contributed by atoms with Crippen LogP contribution < -0.4 is 0 Å². The molecule has 21 heavy (non-hydrogen) atoms. The normalized spacial score (nSPS) is 28.5. The molecule has 2 aliphatic rings. The lowest BCUT2D eigenvalue weighted by molar-refractivity contribution is -0.792. The highest BCUT2D eigenvalue weighted by molar-refractivity contribution is 5.81. The average Bonchev–Trinajstić information content (AvgIpc) is 3.01. The van der Waals surface area contributed by atoms with Gasteiger partial charge in [-0.15, -0.1) is 0 Å². The van der Waals surface area contributed by atoms with E-state index >= 15 is 0 Å². The van der Waals surface area contributed by atoms with Gasteiger partial charge in [-0.25, -0.2) is 4.79 Å². The van der Waals surface area contributed by atoms with Crippen LogP contribution >= 0.6 is 0 Å². The van der Waals surface area contributed by atoms with Gasteiger partial charge in [-0.1, -0.05) is 24.3 Å². The van der Waals surface area contributed by atoms with Crippen LogP contribution in [0.5, 0.6) is 0 Å². The average molecular weight is 288 g/mol. The van der Waals surface area contributed by atoms with Gasteiger partial charge in [0.25, 0.3) is 0 Å². The third kappa shape index (κ3) is 2.27. The number of fused-ring (bicyclic) bond motifs is 1. The summed E-state index contributed by atoms with van der Waals surface area (Å²) in [7, 11) is 0. The van der Waals surface area contributed by atoms with Gasteiger partial charge in [0.05, 0.1) is 13.0 Å². The Morgan fingerprint density at radius 3 is 2.33 bits per heavy atom. The maximum Gasteiger partial charge on any atom is 0.521 e. The minimum Gasteiger partial charge on any atom is -0.435 e. The van der Waals surface area contributed by atoms with Crippen LogP contribution in [0.3, 0.4) is 0 Å². The highest BCUT2D eigenvalue weighted by atomic mass is 16.4. The van der Waals surface area contributed by atoms with Crippen molar-refractivity contribution in [2.75, 3.05) is 6.54 Å². The van der Waals surface area contributed by atoms with Crippen LogP contribution in [0, 0.1) is 5.92 Å². The SMILES string of the molecule is C[C@@H]1CCC[N+]1(C(=O)O)C(=O)CC1Cc2ccccc2C1. The number of hydrogen-bond donors (Lipinski definition) is 1. The molecule has 0 saturated carbocycles. The third-order valence-electron chi connectivity index (χ3n) is 5.27. The number of quaternary nitrogens is 1. The number of benzene rings is 1. The van der Waals surface area contributed by atoms with E-state index in [9.17, 15) is 14.7 Å². The fourth-order valence-corrected chi connectivity index (χ4v) is 4.04. The lowest BCUT2D eigenvalue weighted by atomic mass is 10.0. The zero-order valence-electron chi connectivity index (χ0n) is 12.4. The van der Waals surface area contributed by atoms with Crippen LogP contribution in [0.4, 0.5) is 4.79 Å². The van der Waals surface area contributed by atoms with Crippen molar-refractivity contribution >= 4 is 12.0 Å². The first-order valence-corrected chi connectivity index (χ1v) is 7.75. The molecule has 0 spiro atoms. The monoisotopic (exact) mass is 288 g/mol. The van der Waals surface area contributed by atoms with Gasteiger partial charge in [-0.2, -0.15) is 9.28 Å². The Morgan fingerprint density at radius 2 is 1.86 bits per heavy atom. The Bertz CT molecular complexity index is 558. The molecule has 1 unspecified atom stereocenters. The molecule has 1 N–H and O–H groups in total. The summed E-state index contributed by atoms with van der Waals surface area (Å²) in [6.45, 7) is 2.34. The standard InChI is InChI=1S/C17H21NO3/c1-12-5-4-8-18(12,17(20)21)16(19)11-13-9-14-6-2-3-7-15(14)10-13/h2-3,6-7,12-13H,4-5,8-11H2,1H3/p+1/t12-,18?/m1/s1. The molecule has 2 amide bonds. The van der Waals surface area contributed by atoms with Crippen molar-refractivity contribution in [1.29, 1.82) is 0 Å². The molecule has 1 aromatic carbocycles. The number of rotatable bonds is 2. The van der Waals surface area contributed by atoms with Gasteiger partial charge < -0.3 is 5.11 Å². The largest absolute Gasteiger partial charge is 0.521 e. The van der Waals surface area contributed by atoms with Gasteiger partial charge in [0, 0.05) is 12.8 Å². The number of amides is 2. The fourth-order valence-electron chi connectivity index (χ4n) is 4.04. The van der Waals surface area contributed by atoms with E-state index in [1.807, 2.05) is 19.1 Å². The van der Waals surface area contributed by atoms with Crippen molar-refractivity contribution in [3.63, 3.8) is 0 Å². The number of carbonyl (C=O) groups excluding carboxylic acids is 1. The first kappa shape index (κ1) is 14.3. The summed E-state index contributed by atoms with van der Waals surface area (Å²) in [5, 5.41) is 9.60. The van der Waals surface area contributed by atoms with E-state index in [1.54, 1.807) is 0 Å². The van der Waals surface area contributed by atoms with E-state index in [0.29, 0.717) is 13.0 Å². The molecular formula is C17H22NO3+. The van der Waals surface area contributed by atoms with Crippen molar-refractivity contribution in [2.45, 2.75) is 45.1 Å². The fraction of sp³-hybridized carbons (Fsp3) is 0.529. The summed E-state index contributed by atoms with van der Waals surface area (Å²) < 4.78 is -0.354. The molecule has 112 valence electrons. The second-order valence-electron chi connectivity index (χ2n) is 6.51. The summed E-state index contributed by atoms with van der Waals surface area (Å²) in [6, 6.07) is 8.17. The number of carboxylic acid groups (broad SMARTS) is 1. The first-order valence-electron chi connectivity index (χ1n) is 7.75. The van der Waals surface area contributed by atoms with Crippen LogP contribution in [0.2, 0.25) is 0 Å². The summed E-state index contributed by atoms with van der Waals surface area (Å²) in [6.07, 6.45) is 2.85. The summed E-state index contributed by atoms with van der Waals surface area (Å²) in [5.41, 5.74) is 2.62. The molecule has 2 atom stereocenters. The molecule has 0 bridgehead atoms. The Morgan fingerprint density at radius 1 is 1.24 bits per heavy atom. The lowest BCUT2D eigenvalue weighted by Gasteiger charge is -2.30. The summed E-state index contributed by atoms with van der Waals surface area (Å²) in [5.74, 6) is 0.155. The van der Waals surface area contributed by atoms with Crippen LogP contribution in [-0.4, -0.2) is 34.2 Å². The minimum atomic E-state index is -0.972. The molecule has 1 aliphatic heterocycles. The van der Waals surface area contributed by atoms with Gasteiger partial charge in [-0.05, 0) is 36.8 Å². The van der Waals surface area contributed by atoms with Crippen molar-refractivity contribution in [2.24, 2.45) is 5.92 Å². The number of imide groups is 1. The van der Waals surface area contributed by atoms with Crippen molar-refractivity contribution < 1.29 is 19.2 Å². The molecule has 0 radical (unpaired) electrons. The molecule has 1 aromatic rings. The minimum absolute atomic E-state index is 0.0984. The third-order valence-corrected chi connectivity index (χ3v) is 5.27. The number of likely N-dealkylation sites (tertiary alicyclic amines) is 1. The van der Waals surface area contributed by atoms with Crippen LogP contribution in [0.25, 0.3) is 0 Å². The number of nitrogens with zero attached hydrogens (tertiary/aromatic N) is 1. The molecule has 1 heterocycles. The van der Waals surface area contributed by atoms with Crippen molar-refractivity contribution in [1.82, 2.24) is 0 Å². The smallest absolute Gasteiger partial charge is 0.435 e. The molecule has 3 rings (SSSR count). The van der Waals surface area contributed by atoms with Gasteiger partial charge in [0.2, 0.25) is 0 Å². The first-order chi connectivity index (χ1) is 10.0. The Labute approximate surface area is 125 Å². The van der Waals surface area contributed by atoms with E-state index in [0.717, 1.165) is 25.7 Å². The maximum atomic E-state index is 12.7. The predicted molar refractivity (Wildman–Crippen MR) is 78.8 cm³/mol. The highest BCUT2D eigenvalue weighted by Gasteiger charge is 2.53. The van der Waals surface area contributed by atoms with Crippen LogP contribution in [0.1, 0.15) is 37.3 Å². The van der Waals surface area contributed by atoms with Crippen LogP contribution in [0.15, 0.2) is 24.3 Å². The van der Waals surface area contributed by atoms with Crippen molar-refractivity contribution in [3.05, 3.63) is 35.4 Å². The quantitative estimate of drug-likeness (QED) is 0.851. The Balaban J connectivity index is 1.74. The zero-order chi connectivity index (χ0) is 15.0. The lowest BCUT2D eigenvalue weighted by Crippen LogP contribution is -2.58.